The first-order chi connectivity index (χ1) is 9.35. The van der Waals surface area contributed by atoms with E-state index in [9.17, 15) is 14.4 Å². The third-order valence-electron chi connectivity index (χ3n) is 3.57. The molecule has 0 unspecified atom stereocenters. The second-order valence-electron chi connectivity index (χ2n) is 5.06. The molecule has 1 aromatic rings. The van der Waals surface area contributed by atoms with Crippen LogP contribution in [-0.4, -0.2) is 33.3 Å². The molecule has 106 valence electrons. The summed E-state index contributed by atoms with van der Waals surface area (Å²) in [6.07, 6.45) is -0.740. The fraction of sp³-hybridized carbons (Fsp3) is 0.357. The Labute approximate surface area is 116 Å². The number of carbonyl (C=O) groups is 3. The maximum Gasteiger partial charge on any atom is 0.324 e. The van der Waals surface area contributed by atoms with Crippen LogP contribution in [0.3, 0.4) is 0 Å². The van der Waals surface area contributed by atoms with Gasteiger partial charge < -0.3 is 10.8 Å². The minimum atomic E-state index is -1.79. The van der Waals surface area contributed by atoms with E-state index in [4.69, 9.17) is 10.8 Å². The molecule has 0 spiro atoms. The molecule has 2 rings (SSSR count). The molecular formula is C14H16N2O4. The molecule has 6 nitrogen and oxygen atoms in total. The number of carbonyl (C=O) groups excluding carboxylic acids is 2. The lowest BCUT2D eigenvalue weighted by molar-refractivity contribution is -0.161. The predicted octanol–water partition coefficient (Wildman–Crippen LogP) is 0.679. The molecule has 0 aliphatic carbocycles. The van der Waals surface area contributed by atoms with Crippen LogP contribution in [0.15, 0.2) is 30.3 Å². The summed E-state index contributed by atoms with van der Waals surface area (Å²) in [7, 11) is 0. The molecule has 1 aromatic carbocycles. The van der Waals surface area contributed by atoms with Crippen LogP contribution >= 0.6 is 0 Å². The molecule has 1 atom stereocenters. The first kappa shape index (κ1) is 14.2. The summed E-state index contributed by atoms with van der Waals surface area (Å²) >= 11 is 0. The number of likely N-dealkylation sites (tertiary alicyclic amines) is 1. The monoisotopic (exact) mass is 276 g/mol. The fourth-order valence-corrected chi connectivity index (χ4v) is 2.38. The van der Waals surface area contributed by atoms with Gasteiger partial charge in [-0.25, -0.2) is 0 Å². The molecule has 6 heteroatoms. The standard InChI is InChI=1S/C14H16N2O4/c1-9(10-5-3-2-4-6-10)16-11(17)7-14(15,13(19)20)8-12(16)18/h2-6,9H,7-8,15H2,1H3,(H,19,20)/t9-/m0/s1. The highest BCUT2D eigenvalue weighted by atomic mass is 16.4. The molecule has 0 saturated carbocycles. The van der Waals surface area contributed by atoms with Crippen LogP contribution in [0.1, 0.15) is 31.4 Å². The van der Waals surface area contributed by atoms with Crippen molar-refractivity contribution in [1.29, 1.82) is 0 Å². The van der Waals surface area contributed by atoms with Crippen LogP contribution in [0.2, 0.25) is 0 Å². The Bertz CT molecular complexity index is 538. The van der Waals surface area contributed by atoms with E-state index in [1.165, 1.54) is 0 Å². The zero-order valence-electron chi connectivity index (χ0n) is 11.1. The van der Waals surface area contributed by atoms with Gasteiger partial charge in [0.25, 0.3) is 0 Å². The molecule has 0 radical (unpaired) electrons. The van der Waals surface area contributed by atoms with Crippen LogP contribution in [0, 0.1) is 0 Å². The molecule has 1 heterocycles. The first-order valence-corrected chi connectivity index (χ1v) is 6.27. The van der Waals surface area contributed by atoms with Gasteiger partial charge in [-0.15, -0.1) is 0 Å². The largest absolute Gasteiger partial charge is 0.480 e. The highest BCUT2D eigenvalue weighted by Gasteiger charge is 2.47. The third kappa shape index (κ3) is 2.42. The summed E-state index contributed by atoms with van der Waals surface area (Å²) in [5.41, 5.74) is 4.64. The van der Waals surface area contributed by atoms with Crippen molar-refractivity contribution in [2.75, 3.05) is 0 Å². The summed E-state index contributed by atoms with van der Waals surface area (Å²) < 4.78 is 0. The van der Waals surface area contributed by atoms with Crippen molar-refractivity contribution < 1.29 is 19.5 Å². The summed E-state index contributed by atoms with van der Waals surface area (Å²) in [6, 6.07) is 8.66. The quantitative estimate of drug-likeness (QED) is 0.790. The lowest BCUT2D eigenvalue weighted by Gasteiger charge is -2.37. The molecule has 20 heavy (non-hydrogen) atoms. The SMILES string of the molecule is C[C@@H](c1ccccc1)N1C(=O)CC(N)(C(=O)O)CC1=O. The number of rotatable bonds is 3. The van der Waals surface area contributed by atoms with Crippen LogP contribution in [-0.2, 0) is 14.4 Å². The number of nitrogens with two attached hydrogens (primary N) is 1. The number of amides is 2. The maximum atomic E-state index is 12.1. The molecule has 0 aromatic heterocycles. The van der Waals surface area contributed by atoms with Crippen molar-refractivity contribution in [2.24, 2.45) is 5.73 Å². The Kier molecular flexibility index (Phi) is 3.59. The van der Waals surface area contributed by atoms with Crippen molar-refractivity contribution in [2.45, 2.75) is 31.3 Å². The van der Waals surface area contributed by atoms with E-state index < -0.39 is 29.4 Å². The molecule has 0 bridgehead atoms. The summed E-state index contributed by atoms with van der Waals surface area (Å²) in [6.45, 7) is 1.73. The number of nitrogens with zero attached hydrogens (tertiary/aromatic N) is 1. The third-order valence-corrected chi connectivity index (χ3v) is 3.57. The van der Waals surface area contributed by atoms with Crippen molar-refractivity contribution in [3.05, 3.63) is 35.9 Å². The van der Waals surface area contributed by atoms with Crippen LogP contribution in [0.4, 0.5) is 0 Å². The molecule has 3 N–H and O–H groups in total. The number of carboxylic acid groups (broad SMARTS) is 1. The number of hydrogen-bond donors (Lipinski definition) is 2. The molecule has 1 aliphatic heterocycles. The highest BCUT2D eigenvalue weighted by molar-refractivity contribution is 6.04. The minimum absolute atomic E-state index is 0.370. The van der Waals surface area contributed by atoms with Gasteiger partial charge in [-0.2, -0.15) is 0 Å². The van der Waals surface area contributed by atoms with Gasteiger partial charge in [-0.1, -0.05) is 30.3 Å². The summed E-state index contributed by atoms with van der Waals surface area (Å²) in [5.74, 6) is -2.43. The molecule has 2 amide bonds. The average molecular weight is 276 g/mol. The van der Waals surface area contributed by atoms with Crippen molar-refractivity contribution in [3.8, 4) is 0 Å². The van der Waals surface area contributed by atoms with Gasteiger partial charge in [-0.05, 0) is 12.5 Å². The van der Waals surface area contributed by atoms with Crippen molar-refractivity contribution >= 4 is 17.8 Å². The lowest BCUT2D eigenvalue weighted by atomic mass is 9.86. The van der Waals surface area contributed by atoms with Gasteiger partial charge in [0.1, 0.15) is 5.54 Å². The number of benzene rings is 1. The Hall–Kier alpha value is -2.21. The zero-order valence-corrected chi connectivity index (χ0v) is 11.1. The first-order valence-electron chi connectivity index (χ1n) is 6.27. The minimum Gasteiger partial charge on any atom is -0.480 e. The van der Waals surface area contributed by atoms with E-state index in [0.717, 1.165) is 10.5 Å². The van der Waals surface area contributed by atoms with E-state index in [2.05, 4.69) is 0 Å². The van der Waals surface area contributed by atoms with Gasteiger partial charge in [0.05, 0.1) is 18.9 Å². The normalized spacial score (nSPS) is 19.8. The van der Waals surface area contributed by atoms with Crippen LogP contribution in [0.25, 0.3) is 0 Å². The van der Waals surface area contributed by atoms with Gasteiger partial charge in [0.2, 0.25) is 11.8 Å². The van der Waals surface area contributed by atoms with Crippen LogP contribution in [0.5, 0.6) is 0 Å². The van der Waals surface area contributed by atoms with Gasteiger partial charge in [0.15, 0.2) is 0 Å². The Balaban J connectivity index is 2.25. The zero-order chi connectivity index (χ0) is 14.9. The highest BCUT2D eigenvalue weighted by Crippen LogP contribution is 2.29. The van der Waals surface area contributed by atoms with E-state index >= 15 is 0 Å². The topological polar surface area (TPSA) is 101 Å². The van der Waals surface area contributed by atoms with E-state index in [1.54, 1.807) is 6.92 Å². The number of piperidine rings is 1. The van der Waals surface area contributed by atoms with Crippen LogP contribution < -0.4 is 5.73 Å². The average Bonchev–Trinajstić information content (AvgIpc) is 2.38. The lowest BCUT2D eigenvalue weighted by Crippen LogP contribution is -2.60. The predicted molar refractivity (Wildman–Crippen MR) is 70.5 cm³/mol. The molecular weight excluding hydrogens is 260 g/mol. The molecule has 1 fully saturated rings. The van der Waals surface area contributed by atoms with Gasteiger partial charge >= 0.3 is 5.97 Å². The second kappa shape index (κ2) is 5.05. The van der Waals surface area contributed by atoms with Gasteiger partial charge in [-0.3, -0.25) is 19.3 Å². The number of carboxylic acids is 1. The maximum absolute atomic E-state index is 12.1. The van der Waals surface area contributed by atoms with E-state index in [-0.39, 0.29) is 12.8 Å². The van der Waals surface area contributed by atoms with Gasteiger partial charge in [0, 0.05) is 0 Å². The van der Waals surface area contributed by atoms with E-state index in [0.29, 0.717) is 0 Å². The number of aliphatic carboxylic acids is 1. The number of imide groups is 1. The number of hydrogen-bond acceptors (Lipinski definition) is 4. The molecule has 1 saturated heterocycles. The van der Waals surface area contributed by atoms with Crippen molar-refractivity contribution in [3.63, 3.8) is 0 Å². The Morgan fingerprint density at radius 3 is 2.20 bits per heavy atom. The summed E-state index contributed by atoms with van der Waals surface area (Å²) in [4.78, 5) is 36.4. The Morgan fingerprint density at radius 2 is 1.75 bits per heavy atom. The smallest absolute Gasteiger partial charge is 0.324 e. The van der Waals surface area contributed by atoms with E-state index in [1.807, 2.05) is 30.3 Å². The Morgan fingerprint density at radius 1 is 1.25 bits per heavy atom. The fourth-order valence-electron chi connectivity index (χ4n) is 2.38. The summed E-state index contributed by atoms with van der Waals surface area (Å²) in [5, 5.41) is 9.03. The van der Waals surface area contributed by atoms with Crippen molar-refractivity contribution in [1.82, 2.24) is 4.90 Å². The second-order valence-corrected chi connectivity index (χ2v) is 5.06. The molecule has 1 aliphatic rings.